The summed E-state index contributed by atoms with van der Waals surface area (Å²) in [6.07, 6.45) is -3.66. The Kier molecular flexibility index (Phi) is 6.75. The quantitative estimate of drug-likeness (QED) is 0.206. The lowest BCUT2D eigenvalue weighted by atomic mass is 10.1. The van der Waals surface area contributed by atoms with Gasteiger partial charge in [-0.25, -0.2) is 0 Å². The van der Waals surface area contributed by atoms with Gasteiger partial charge in [0.25, 0.3) is 5.91 Å². The van der Waals surface area contributed by atoms with E-state index >= 15 is 0 Å². The lowest BCUT2D eigenvalue weighted by Gasteiger charge is -2.18. The standard InChI is InChI=1S/C13H24N4O5/c1-3-4-6(14)8(15)9(16-2)12(21)17-13-11(20)10(19)7(5-18)22-13/h7,10-11,13-14,16,18-20H,3-5,15H2,1-2H3,(H,17,21)/b9-8+,14-6?. The van der Waals surface area contributed by atoms with Crippen molar-refractivity contribution in [2.75, 3.05) is 13.7 Å². The minimum Gasteiger partial charge on any atom is -0.395 e. The molecule has 1 aliphatic rings. The number of amides is 1. The Morgan fingerprint density at radius 1 is 1.36 bits per heavy atom. The van der Waals surface area contributed by atoms with Crippen LogP contribution in [0, 0.1) is 5.41 Å². The maximum absolute atomic E-state index is 12.2. The molecule has 0 spiro atoms. The summed E-state index contributed by atoms with van der Waals surface area (Å²) in [6.45, 7) is 1.41. The summed E-state index contributed by atoms with van der Waals surface area (Å²) in [5.41, 5.74) is 5.91. The molecule has 9 nitrogen and oxygen atoms in total. The lowest BCUT2D eigenvalue weighted by Crippen LogP contribution is -2.46. The third kappa shape index (κ3) is 3.95. The Morgan fingerprint density at radius 2 is 2.00 bits per heavy atom. The Labute approximate surface area is 128 Å². The highest BCUT2D eigenvalue weighted by atomic mass is 16.6. The first-order chi connectivity index (χ1) is 10.4. The van der Waals surface area contributed by atoms with Crippen LogP contribution in [0.5, 0.6) is 0 Å². The number of rotatable bonds is 7. The van der Waals surface area contributed by atoms with Crippen LogP contribution in [0.25, 0.3) is 0 Å². The number of carbonyl (C=O) groups is 1. The van der Waals surface area contributed by atoms with E-state index in [0.717, 1.165) is 0 Å². The highest BCUT2D eigenvalue weighted by Gasteiger charge is 2.43. The summed E-state index contributed by atoms with van der Waals surface area (Å²) in [6, 6.07) is 0. The molecule has 1 amide bonds. The second-order valence-electron chi connectivity index (χ2n) is 5.00. The molecule has 1 heterocycles. The molecule has 0 radical (unpaired) electrons. The number of aliphatic hydroxyl groups excluding tert-OH is 3. The molecular formula is C13H24N4O5. The van der Waals surface area contributed by atoms with Gasteiger partial charge in [-0.2, -0.15) is 0 Å². The number of aliphatic hydroxyl groups is 3. The fourth-order valence-electron chi connectivity index (χ4n) is 2.13. The number of carbonyl (C=O) groups excluding carboxylic acids is 1. The number of allylic oxidation sites excluding steroid dienone is 1. The zero-order chi connectivity index (χ0) is 16.9. The van der Waals surface area contributed by atoms with E-state index in [4.69, 9.17) is 21.0 Å². The van der Waals surface area contributed by atoms with Gasteiger partial charge >= 0.3 is 0 Å². The lowest BCUT2D eigenvalue weighted by molar-refractivity contribution is -0.124. The Morgan fingerprint density at radius 3 is 2.45 bits per heavy atom. The summed E-state index contributed by atoms with van der Waals surface area (Å²) in [5.74, 6) is -0.671. The Bertz CT molecular complexity index is 454. The minimum absolute atomic E-state index is 0.00796. The van der Waals surface area contributed by atoms with Crippen LogP contribution in [-0.4, -0.2) is 65.1 Å². The third-order valence-electron chi connectivity index (χ3n) is 3.39. The van der Waals surface area contributed by atoms with Crippen molar-refractivity contribution >= 4 is 11.6 Å². The maximum atomic E-state index is 12.2. The van der Waals surface area contributed by atoms with Gasteiger partial charge in [-0.1, -0.05) is 13.3 Å². The average Bonchev–Trinajstić information content (AvgIpc) is 2.76. The van der Waals surface area contributed by atoms with Crippen LogP contribution in [0.2, 0.25) is 0 Å². The molecule has 8 N–H and O–H groups in total. The monoisotopic (exact) mass is 316 g/mol. The number of hydrogen-bond acceptors (Lipinski definition) is 8. The summed E-state index contributed by atoms with van der Waals surface area (Å²) in [5, 5.41) is 41.2. The van der Waals surface area contributed by atoms with Crippen molar-refractivity contribution < 1.29 is 24.9 Å². The van der Waals surface area contributed by atoms with Gasteiger partial charge < -0.3 is 41.8 Å². The molecule has 0 aliphatic carbocycles. The number of nitrogens with one attached hydrogen (secondary N) is 3. The average molecular weight is 316 g/mol. The van der Waals surface area contributed by atoms with Crippen LogP contribution in [0.15, 0.2) is 11.4 Å². The molecule has 9 heteroatoms. The zero-order valence-electron chi connectivity index (χ0n) is 12.7. The van der Waals surface area contributed by atoms with E-state index in [1.807, 2.05) is 6.92 Å². The van der Waals surface area contributed by atoms with Crippen molar-refractivity contribution in [3.8, 4) is 0 Å². The fraction of sp³-hybridized carbons (Fsp3) is 0.692. The molecule has 4 atom stereocenters. The van der Waals surface area contributed by atoms with Crippen molar-refractivity contribution in [2.24, 2.45) is 5.73 Å². The van der Waals surface area contributed by atoms with Crippen LogP contribution in [0.3, 0.4) is 0 Å². The normalized spacial score (nSPS) is 29.0. The molecule has 1 rings (SSSR count). The summed E-state index contributed by atoms with van der Waals surface area (Å²) < 4.78 is 5.16. The van der Waals surface area contributed by atoms with Crippen molar-refractivity contribution in [2.45, 2.75) is 44.3 Å². The van der Waals surface area contributed by atoms with Gasteiger partial charge in [0.1, 0.15) is 24.0 Å². The van der Waals surface area contributed by atoms with Gasteiger partial charge in [-0.15, -0.1) is 0 Å². The van der Waals surface area contributed by atoms with E-state index in [1.165, 1.54) is 7.05 Å². The number of nitrogens with two attached hydrogens (primary N) is 1. The van der Waals surface area contributed by atoms with Crippen molar-refractivity contribution in [3.63, 3.8) is 0 Å². The molecule has 126 valence electrons. The van der Waals surface area contributed by atoms with E-state index in [2.05, 4.69) is 10.6 Å². The van der Waals surface area contributed by atoms with Gasteiger partial charge in [0.05, 0.1) is 18.0 Å². The molecule has 0 aromatic carbocycles. The largest absolute Gasteiger partial charge is 0.395 e. The SMILES string of the molecule is CCCC(=N)/C(N)=C(\NC)C(=O)NC1OC(CO)C(O)C1O. The maximum Gasteiger partial charge on any atom is 0.271 e. The smallest absolute Gasteiger partial charge is 0.271 e. The van der Waals surface area contributed by atoms with Crippen LogP contribution in [-0.2, 0) is 9.53 Å². The van der Waals surface area contributed by atoms with Crippen molar-refractivity contribution in [1.29, 1.82) is 5.41 Å². The first-order valence-electron chi connectivity index (χ1n) is 7.05. The predicted octanol–water partition coefficient (Wildman–Crippen LogP) is -2.25. The van der Waals surface area contributed by atoms with Crippen LogP contribution in [0.4, 0.5) is 0 Å². The molecular weight excluding hydrogens is 292 g/mol. The Hall–Kier alpha value is -1.68. The van der Waals surface area contributed by atoms with Gasteiger partial charge in [-0.05, 0) is 6.42 Å². The van der Waals surface area contributed by atoms with Gasteiger partial charge in [0.15, 0.2) is 6.23 Å². The van der Waals surface area contributed by atoms with Crippen molar-refractivity contribution in [3.05, 3.63) is 11.4 Å². The Balaban J connectivity index is 2.82. The molecule has 22 heavy (non-hydrogen) atoms. The zero-order valence-corrected chi connectivity index (χ0v) is 12.7. The molecule has 1 aliphatic heterocycles. The van der Waals surface area contributed by atoms with Crippen molar-refractivity contribution in [1.82, 2.24) is 10.6 Å². The number of likely N-dealkylation sites (N-methyl/N-ethyl adjacent to an activating group) is 1. The van der Waals surface area contributed by atoms with E-state index in [0.29, 0.717) is 12.8 Å². The van der Waals surface area contributed by atoms with E-state index in [9.17, 15) is 15.0 Å². The number of ether oxygens (including phenoxy) is 1. The van der Waals surface area contributed by atoms with Crippen LogP contribution < -0.4 is 16.4 Å². The highest BCUT2D eigenvalue weighted by Crippen LogP contribution is 2.19. The molecule has 1 saturated heterocycles. The molecule has 4 unspecified atom stereocenters. The van der Waals surface area contributed by atoms with E-state index < -0.39 is 37.1 Å². The number of hydrogen-bond donors (Lipinski definition) is 7. The summed E-state index contributed by atoms with van der Waals surface area (Å²) in [4.78, 5) is 12.2. The van der Waals surface area contributed by atoms with Gasteiger partial charge in [0, 0.05) is 7.05 Å². The predicted molar refractivity (Wildman–Crippen MR) is 78.8 cm³/mol. The molecule has 0 aromatic rings. The van der Waals surface area contributed by atoms with E-state index in [-0.39, 0.29) is 17.1 Å². The fourth-order valence-corrected chi connectivity index (χ4v) is 2.13. The highest BCUT2D eigenvalue weighted by molar-refractivity contribution is 6.05. The summed E-state index contributed by atoms with van der Waals surface area (Å²) >= 11 is 0. The first-order valence-corrected chi connectivity index (χ1v) is 7.05. The minimum atomic E-state index is -1.37. The molecule has 0 bridgehead atoms. The third-order valence-corrected chi connectivity index (χ3v) is 3.39. The van der Waals surface area contributed by atoms with Gasteiger partial charge in [-0.3, -0.25) is 4.79 Å². The van der Waals surface area contributed by atoms with Crippen LogP contribution in [0.1, 0.15) is 19.8 Å². The second kappa shape index (κ2) is 8.08. The first kappa shape index (κ1) is 18.4. The molecule has 0 aromatic heterocycles. The summed E-state index contributed by atoms with van der Waals surface area (Å²) in [7, 11) is 1.48. The topological polar surface area (TPSA) is 161 Å². The molecule has 0 saturated carbocycles. The second-order valence-corrected chi connectivity index (χ2v) is 5.00. The van der Waals surface area contributed by atoms with Gasteiger partial charge in [0.2, 0.25) is 0 Å². The van der Waals surface area contributed by atoms with Crippen LogP contribution >= 0.6 is 0 Å². The molecule has 1 fully saturated rings. The van der Waals surface area contributed by atoms with E-state index in [1.54, 1.807) is 0 Å².